The quantitative estimate of drug-likeness (QED) is 0.776. The molecule has 2 aliphatic heterocycles. The maximum absolute atomic E-state index is 12.2. The van der Waals surface area contributed by atoms with Gasteiger partial charge in [0, 0.05) is 33.1 Å². The van der Waals surface area contributed by atoms with Crippen LogP contribution in [0.1, 0.15) is 46.5 Å². The molecule has 6 heteroatoms. The van der Waals surface area contributed by atoms with Gasteiger partial charge in [0.2, 0.25) is 15.9 Å². The van der Waals surface area contributed by atoms with E-state index in [1.165, 1.54) is 0 Å². The third-order valence-corrected chi connectivity index (χ3v) is 7.28. The summed E-state index contributed by atoms with van der Waals surface area (Å²) in [5.74, 6) is 0.152. The second-order valence-electron chi connectivity index (χ2n) is 6.50. The Hall–Kier alpha value is -0.620. The van der Waals surface area contributed by atoms with Crippen LogP contribution in [0.4, 0.5) is 0 Å². The van der Waals surface area contributed by atoms with E-state index in [1.54, 1.807) is 25.1 Å². The van der Waals surface area contributed by atoms with E-state index in [0.29, 0.717) is 13.1 Å². The molecule has 20 heavy (non-hydrogen) atoms. The average Bonchev–Trinajstić information content (AvgIpc) is 2.39. The van der Waals surface area contributed by atoms with Crippen molar-refractivity contribution in [3.63, 3.8) is 0 Å². The number of carbonyl (C=O) groups excluding carboxylic acids is 1. The topological polar surface area (TPSA) is 57.7 Å². The molecule has 116 valence electrons. The van der Waals surface area contributed by atoms with Gasteiger partial charge >= 0.3 is 0 Å². The van der Waals surface area contributed by atoms with Crippen molar-refractivity contribution < 1.29 is 13.2 Å². The highest BCUT2D eigenvalue weighted by atomic mass is 32.2. The molecule has 5 nitrogen and oxygen atoms in total. The van der Waals surface area contributed by atoms with Gasteiger partial charge in [0.05, 0.1) is 5.25 Å². The lowest BCUT2D eigenvalue weighted by Crippen LogP contribution is -2.50. The fourth-order valence-corrected chi connectivity index (χ4v) is 4.60. The number of nitrogens with zero attached hydrogens (tertiary/aromatic N) is 2. The van der Waals surface area contributed by atoms with Crippen molar-refractivity contribution in [1.82, 2.24) is 9.21 Å². The first kappa shape index (κ1) is 15.8. The van der Waals surface area contributed by atoms with Crippen LogP contribution >= 0.6 is 0 Å². The van der Waals surface area contributed by atoms with Gasteiger partial charge in [-0.05, 0) is 44.9 Å². The van der Waals surface area contributed by atoms with Crippen molar-refractivity contribution in [2.45, 2.75) is 51.7 Å². The molecule has 0 aromatic heterocycles. The maximum Gasteiger partial charge on any atom is 0.219 e. The zero-order valence-corrected chi connectivity index (χ0v) is 13.6. The number of rotatable bonds is 2. The number of hydrogen-bond donors (Lipinski definition) is 0. The van der Waals surface area contributed by atoms with E-state index in [1.807, 2.05) is 4.90 Å². The molecule has 2 aliphatic rings. The Kier molecular flexibility index (Phi) is 4.44. The molecule has 2 rings (SSSR count). The molecular formula is C14H26N2O3S. The van der Waals surface area contributed by atoms with Gasteiger partial charge in [-0.1, -0.05) is 0 Å². The second kappa shape index (κ2) is 5.64. The first-order valence-corrected chi connectivity index (χ1v) is 9.02. The Morgan fingerprint density at radius 2 is 1.45 bits per heavy atom. The van der Waals surface area contributed by atoms with E-state index >= 15 is 0 Å². The van der Waals surface area contributed by atoms with E-state index in [-0.39, 0.29) is 16.6 Å². The highest BCUT2D eigenvalue weighted by Gasteiger charge is 2.40. The summed E-state index contributed by atoms with van der Waals surface area (Å²) in [7, 11) is -3.11. The van der Waals surface area contributed by atoms with Crippen molar-refractivity contribution in [2.75, 3.05) is 26.2 Å². The lowest BCUT2D eigenvalue weighted by Gasteiger charge is -2.46. The lowest BCUT2D eigenvalue weighted by molar-refractivity contribution is -0.131. The lowest BCUT2D eigenvalue weighted by atomic mass is 9.71. The Morgan fingerprint density at radius 3 is 1.85 bits per heavy atom. The zero-order valence-electron chi connectivity index (χ0n) is 12.8. The van der Waals surface area contributed by atoms with Crippen molar-refractivity contribution in [3.05, 3.63) is 0 Å². The van der Waals surface area contributed by atoms with Gasteiger partial charge < -0.3 is 4.90 Å². The van der Waals surface area contributed by atoms with Gasteiger partial charge in [-0.3, -0.25) is 4.79 Å². The normalized spacial score (nSPS) is 24.3. The highest BCUT2D eigenvalue weighted by molar-refractivity contribution is 7.89. The van der Waals surface area contributed by atoms with Gasteiger partial charge in [-0.25, -0.2) is 12.7 Å². The molecular weight excluding hydrogens is 276 g/mol. The van der Waals surface area contributed by atoms with Crippen molar-refractivity contribution >= 4 is 15.9 Å². The molecule has 2 saturated heterocycles. The first-order chi connectivity index (χ1) is 9.27. The molecule has 0 saturated carbocycles. The minimum atomic E-state index is -3.11. The molecule has 1 spiro atoms. The summed E-state index contributed by atoms with van der Waals surface area (Å²) in [4.78, 5) is 13.3. The summed E-state index contributed by atoms with van der Waals surface area (Å²) in [5, 5.41) is -0.337. The number of carbonyl (C=O) groups is 1. The Bertz CT molecular complexity index is 455. The van der Waals surface area contributed by atoms with Gasteiger partial charge in [0.25, 0.3) is 0 Å². The first-order valence-electron chi connectivity index (χ1n) is 7.51. The van der Waals surface area contributed by atoms with Crippen LogP contribution < -0.4 is 0 Å². The van der Waals surface area contributed by atoms with E-state index in [4.69, 9.17) is 0 Å². The van der Waals surface area contributed by atoms with Gasteiger partial charge in [-0.15, -0.1) is 0 Å². The van der Waals surface area contributed by atoms with Crippen LogP contribution in [0.25, 0.3) is 0 Å². The number of amides is 1. The highest BCUT2D eigenvalue weighted by Crippen LogP contribution is 2.41. The number of sulfonamides is 1. The third-order valence-electron chi connectivity index (χ3n) is 5.01. The van der Waals surface area contributed by atoms with Crippen LogP contribution in [0.2, 0.25) is 0 Å². The SMILES string of the molecule is CC(=O)N1CCC2(CC1)CCN(S(=O)(=O)C(C)C)CC2. The van der Waals surface area contributed by atoms with Gasteiger partial charge in [0.15, 0.2) is 0 Å². The molecule has 0 atom stereocenters. The summed E-state index contributed by atoms with van der Waals surface area (Å²) in [6, 6.07) is 0. The number of hydrogen-bond acceptors (Lipinski definition) is 3. The van der Waals surface area contributed by atoms with E-state index in [9.17, 15) is 13.2 Å². The molecule has 0 aromatic carbocycles. The zero-order chi connectivity index (χ0) is 15.0. The summed E-state index contributed by atoms with van der Waals surface area (Å²) >= 11 is 0. The minimum absolute atomic E-state index is 0.152. The van der Waals surface area contributed by atoms with Gasteiger partial charge in [-0.2, -0.15) is 0 Å². The van der Waals surface area contributed by atoms with E-state index in [0.717, 1.165) is 38.8 Å². The van der Waals surface area contributed by atoms with Crippen LogP contribution in [0.3, 0.4) is 0 Å². The molecule has 0 aliphatic carbocycles. The molecule has 0 radical (unpaired) electrons. The van der Waals surface area contributed by atoms with E-state index in [2.05, 4.69) is 0 Å². The molecule has 2 heterocycles. The standard InChI is InChI=1S/C14H26N2O3S/c1-12(2)20(18,19)16-10-6-14(7-11-16)4-8-15(9-5-14)13(3)17/h12H,4-11H2,1-3H3. The fraction of sp³-hybridized carbons (Fsp3) is 0.929. The predicted molar refractivity (Wildman–Crippen MR) is 78.8 cm³/mol. The minimum Gasteiger partial charge on any atom is -0.343 e. The van der Waals surface area contributed by atoms with Crippen LogP contribution in [-0.2, 0) is 14.8 Å². The van der Waals surface area contributed by atoms with Crippen LogP contribution in [-0.4, -0.2) is 55.0 Å². The smallest absolute Gasteiger partial charge is 0.219 e. The van der Waals surface area contributed by atoms with E-state index < -0.39 is 10.0 Å². The summed E-state index contributed by atoms with van der Waals surface area (Å²) in [6.45, 7) is 8.03. The molecule has 0 aromatic rings. The van der Waals surface area contributed by atoms with Gasteiger partial charge in [0.1, 0.15) is 0 Å². The summed E-state index contributed by atoms with van der Waals surface area (Å²) < 4.78 is 26.0. The Balaban J connectivity index is 1.94. The molecule has 0 N–H and O–H groups in total. The molecule has 1 amide bonds. The van der Waals surface area contributed by atoms with Crippen LogP contribution in [0, 0.1) is 5.41 Å². The maximum atomic E-state index is 12.2. The predicted octanol–water partition coefficient (Wildman–Crippen LogP) is 1.45. The molecule has 2 fully saturated rings. The number of piperidine rings is 2. The largest absolute Gasteiger partial charge is 0.343 e. The second-order valence-corrected chi connectivity index (χ2v) is 8.99. The van der Waals surface area contributed by atoms with Crippen molar-refractivity contribution in [1.29, 1.82) is 0 Å². The molecule has 0 bridgehead atoms. The van der Waals surface area contributed by atoms with Crippen molar-refractivity contribution in [2.24, 2.45) is 5.41 Å². The number of likely N-dealkylation sites (tertiary alicyclic amines) is 1. The fourth-order valence-electron chi connectivity index (χ4n) is 3.31. The molecule has 0 unspecified atom stereocenters. The third kappa shape index (κ3) is 3.01. The van der Waals surface area contributed by atoms with Crippen LogP contribution in [0.15, 0.2) is 0 Å². The monoisotopic (exact) mass is 302 g/mol. The summed E-state index contributed by atoms with van der Waals surface area (Å²) in [6.07, 6.45) is 3.90. The Morgan fingerprint density at radius 1 is 1.00 bits per heavy atom. The summed E-state index contributed by atoms with van der Waals surface area (Å²) in [5.41, 5.74) is 0.259. The Labute approximate surface area is 122 Å². The van der Waals surface area contributed by atoms with Crippen LogP contribution in [0.5, 0.6) is 0 Å². The van der Waals surface area contributed by atoms with Crippen molar-refractivity contribution in [3.8, 4) is 0 Å². The average molecular weight is 302 g/mol.